The summed E-state index contributed by atoms with van der Waals surface area (Å²) >= 11 is 0. The van der Waals surface area contributed by atoms with Crippen LogP contribution in [0.4, 0.5) is 5.69 Å². The van der Waals surface area contributed by atoms with Crippen LogP contribution >= 0.6 is 0 Å². The molecule has 0 amide bonds. The standard InChI is InChI=1S/C14H13N5O/c1-8-7-10(3-4-11(8)15)14-18-13(19-20-14)12-5-6-16-9(2)17-12/h3-7H,15H2,1-2H3. The molecule has 0 saturated carbocycles. The minimum Gasteiger partial charge on any atom is -0.399 e. The van der Waals surface area contributed by atoms with E-state index in [1.54, 1.807) is 12.3 Å². The maximum Gasteiger partial charge on any atom is 0.258 e. The molecule has 0 unspecified atom stereocenters. The highest BCUT2D eigenvalue weighted by Gasteiger charge is 2.12. The number of benzene rings is 1. The summed E-state index contributed by atoms with van der Waals surface area (Å²) in [4.78, 5) is 12.7. The normalized spacial score (nSPS) is 10.7. The Balaban J connectivity index is 1.99. The zero-order valence-corrected chi connectivity index (χ0v) is 11.2. The number of nitrogen functional groups attached to an aromatic ring is 1. The first-order valence-electron chi connectivity index (χ1n) is 6.14. The predicted octanol–water partition coefficient (Wildman–Crippen LogP) is 2.39. The molecule has 2 N–H and O–H groups in total. The van der Waals surface area contributed by atoms with Crippen LogP contribution in [0.15, 0.2) is 35.0 Å². The number of rotatable bonds is 2. The van der Waals surface area contributed by atoms with Crippen molar-refractivity contribution in [1.82, 2.24) is 20.1 Å². The molecule has 1 aromatic carbocycles. The molecular weight excluding hydrogens is 254 g/mol. The summed E-state index contributed by atoms with van der Waals surface area (Å²) in [5.41, 5.74) is 8.98. The third kappa shape index (κ3) is 2.23. The van der Waals surface area contributed by atoms with Gasteiger partial charge in [-0.1, -0.05) is 5.16 Å². The van der Waals surface area contributed by atoms with Crippen LogP contribution < -0.4 is 5.73 Å². The molecule has 0 radical (unpaired) electrons. The van der Waals surface area contributed by atoms with Crippen molar-refractivity contribution in [1.29, 1.82) is 0 Å². The lowest BCUT2D eigenvalue weighted by atomic mass is 10.1. The van der Waals surface area contributed by atoms with Crippen LogP contribution in [0, 0.1) is 13.8 Å². The Hall–Kier alpha value is -2.76. The van der Waals surface area contributed by atoms with Crippen molar-refractivity contribution in [3.8, 4) is 23.0 Å². The molecule has 0 fully saturated rings. The Kier molecular flexibility index (Phi) is 2.90. The quantitative estimate of drug-likeness (QED) is 0.717. The minimum atomic E-state index is 0.444. The van der Waals surface area contributed by atoms with E-state index in [0.29, 0.717) is 23.2 Å². The van der Waals surface area contributed by atoms with Crippen LogP contribution in [0.5, 0.6) is 0 Å². The fraction of sp³-hybridized carbons (Fsp3) is 0.143. The Labute approximate surface area is 115 Å². The maximum atomic E-state index is 5.80. The Morgan fingerprint density at radius 3 is 2.70 bits per heavy atom. The van der Waals surface area contributed by atoms with E-state index < -0.39 is 0 Å². The van der Waals surface area contributed by atoms with Crippen molar-refractivity contribution in [2.45, 2.75) is 13.8 Å². The van der Waals surface area contributed by atoms with Gasteiger partial charge in [-0.3, -0.25) is 0 Å². The lowest BCUT2D eigenvalue weighted by Crippen LogP contribution is -1.91. The third-order valence-corrected chi connectivity index (χ3v) is 2.95. The van der Waals surface area contributed by atoms with Crippen molar-refractivity contribution < 1.29 is 4.52 Å². The zero-order chi connectivity index (χ0) is 14.1. The first-order chi connectivity index (χ1) is 9.63. The highest BCUT2D eigenvalue weighted by atomic mass is 16.5. The molecule has 3 rings (SSSR count). The van der Waals surface area contributed by atoms with Gasteiger partial charge in [0.1, 0.15) is 11.5 Å². The van der Waals surface area contributed by atoms with Gasteiger partial charge in [0.25, 0.3) is 5.89 Å². The van der Waals surface area contributed by atoms with Gasteiger partial charge in [-0.15, -0.1) is 0 Å². The minimum absolute atomic E-state index is 0.444. The molecule has 0 bridgehead atoms. The summed E-state index contributed by atoms with van der Waals surface area (Å²) in [6.07, 6.45) is 1.67. The monoisotopic (exact) mass is 267 g/mol. The smallest absolute Gasteiger partial charge is 0.258 e. The Morgan fingerprint density at radius 1 is 1.10 bits per heavy atom. The average molecular weight is 267 g/mol. The van der Waals surface area contributed by atoms with Gasteiger partial charge in [0.05, 0.1) is 0 Å². The van der Waals surface area contributed by atoms with Crippen molar-refractivity contribution in [2.75, 3.05) is 5.73 Å². The topological polar surface area (TPSA) is 90.7 Å². The molecule has 6 heteroatoms. The van der Waals surface area contributed by atoms with Crippen LogP contribution in [-0.2, 0) is 0 Å². The van der Waals surface area contributed by atoms with E-state index >= 15 is 0 Å². The SMILES string of the molecule is Cc1nccc(-c2noc(-c3ccc(N)c(C)c3)n2)n1. The summed E-state index contributed by atoms with van der Waals surface area (Å²) in [5, 5.41) is 3.95. The molecule has 0 spiro atoms. The lowest BCUT2D eigenvalue weighted by molar-refractivity contribution is 0.432. The first kappa shape index (κ1) is 12.3. The maximum absolute atomic E-state index is 5.80. The second kappa shape index (κ2) is 4.73. The van der Waals surface area contributed by atoms with Crippen molar-refractivity contribution in [2.24, 2.45) is 0 Å². The predicted molar refractivity (Wildman–Crippen MR) is 74.6 cm³/mol. The molecule has 0 aliphatic carbocycles. The lowest BCUT2D eigenvalue weighted by Gasteiger charge is -2.00. The number of nitrogens with two attached hydrogens (primary N) is 1. The highest BCUT2D eigenvalue weighted by Crippen LogP contribution is 2.24. The number of nitrogens with zero attached hydrogens (tertiary/aromatic N) is 4. The van der Waals surface area contributed by atoms with Crippen LogP contribution in [0.1, 0.15) is 11.4 Å². The van der Waals surface area contributed by atoms with E-state index in [-0.39, 0.29) is 0 Å². The van der Waals surface area contributed by atoms with E-state index in [9.17, 15) is 0 Å². The van der Waals surface area contributed by atoms with Gasteiger partial charge < -0.3 is 10.3 Å². The Morgan fingerprint density at radius 2 is 1.95 bits per heavy atom. The van der Waals surface area contributed by atoms with E-state index in [0.717, 1.165) is 16.8 Å². The van der Waals surface area contributed by atoms with E-state index in [4.69, 9.17) is 10.3 Å². The van der Waals surface area contributed by atoms with Crippen LogP contribution in [-0.4, -0.2) is 20.1 Å². The molecule has 2 heterocycles. The summed E-state index contributed by atoms with van der Waals surface area (Å²) in [6, 6.07) is 7.34. The number of hydrogen-bond donors (Lipinski definition) is 1. The van der Waals surface area contributed by atoms with Gasteiger partial charge in [0, 0.05) is 17.4 Å². The van der Waals surface area contributed by atoms with Crippen LogP contribution in [0.3, 0.4) is 0 Å². The molecule has 2 aromatic heterocycles. The number of hydrogen-bond acceptors (Lipinski definition) is 6. The number of anilines is 1. The summed E-state index contributed by atoms with van der Waals surface area (Å²) in [7, 11) is 0. The fourth-order valence-electron chi connectivity index (χ4n) is 1.83. The molecule has 3 aromatic rings. The van der Waals surface area contributed by atoms with Crippen LogP contribution in [0.2, 0.25) is 0 Å². The molecule has 0 aliphatic heterocycles. The number of aryl methyl sites for hydroxylation is 2. The molecule has 0 aliphatic rings. The summed E-state index contributed by atoms with van der Waals surface area (Å²) in [6.45, 7) is 3.75. The zero-order valence-electron chi connectivity index (χ0n) is 11.2. The van der Waals surface area contributed by atoms with Gasteiger partial charge >= 0.3 is 0 Å². The van der Waals surface area contributed by atoms with Crippen molar-refractivity contribution in [3.05, 3.63) is 41.9 Å². The van der Waals surface area contributed by atoms with E-state index in [1.807, 2.05) is 32.0 Å². The van der Waals surface area contributed by atoms with Gasteiger partial charge in [0.2, 0.25) is 5.82 Å². The second-order valence-corrected chi connectivity index (χ2v) is 4.48. The van der Waals surface area contributed by atoms with E-state index in [2.05, 4.69) is 20.1 Å². The van der Waals surface area contributed by atoms with Gasteiger partial charge in [-0.05, 0) is 43.7 Å². The largest absolute Gasteiger partial charge is 0.399 e. The summed E-state index contributed by atoms with van der Waals surface area (Å²) in [5.74, 6) is 1.55. The Bertz CT molecular complexity index is 766. The fourth-order valence-corrected chi connectivity index (χ4v) is 1.83. The molecule has 0 saturated heterocycles. The second-order valence-electron chi connectivity index (χ2n) is 4.48. The molecule has 6 nitrogen and oxygen atoms in total. The molecule has 0 atom stereocenters. The van der Waals surface area contributed by atoms with E-state index in [1.165, 1.54) is 0 Å². The third-order valence-electron chi connectivity index (χ3n) is 2.95. The highest BCUT2D eigenvalue weighted by molar-refractivity contribution is 5.62. The average Bonchev–Trinajstić information content (AvgIpc) is 2.92. The molecule has 20 heavy (non-hydrogen) atoms. The van der Waals surface area contributed by atoms with Gasteiger partial charge in [0.15, 0.2) is 0 Å². The van der Waals surface area contributed by atoms with Crippen molar-refractivity contribution >= 4 is 5.69 Å². The van der Waals surface area contributed by atoms with Crippen molar-refractivity contribution in [3.63, 3.8) is 0 Å². The molecule has 100 valence electrons. The summed E-state index contributed by atoms with van der Waals surface area (Å²) < 4.78 is 5.28. The van der Waals surface area contributed by atoms with Gasteiger partial charge in [-0.25, -0.2) is 9.97 Å². The molecular formula is C14H13N5O. The first-order valence-corrected chi connectivity index (χ1v) is 6.14. The van der Waals surface area contributed by atoms with Crippen LogP contribution in [0.25, 0.3) is 23.0 Å². The van der Waals surface area contributed by atoms with Gasteiger partial charge in [-0.2, -0.15) is 4.98 Å². The number of aromatic nitrogens is 4.